The Morgan fingerprint density at radius 3 is 2.84 bits per heavy atom. The van der Waals surface area contributed by atoms with E-state index in [-0.39, 0.29) is 24.4 Å². The van der Waals surface area contributed by atoms with E-state index < -0.39 is 0 Å². The molecule has 8 heteroatoms. The van der Waals surface area contributed by atoms with Gasteiger partial charge in [0.25, 0.3) is 5.91 Å². The summed E-state index contributed by atoms with van der Waals surface area (Å²) in [5.41, 5.74) is 2.34. The van der Waals surface area contributed by atoms with Crippen LogP contribution in [0.25, 0.3) is 11.3 Å². The molecule has 1 unspecified atom stereocenters. The minimum atomic E-state index is -0.371. The van der Waals surface area contributed by atoms with Gasteiger partial charge >= 0.3 is 0 Å². The number of hydrogen-bond acceptors (Lipinski definition) is 6. The van der Waals surface area contributed by atoms with Gasteiger partial charge in [0, 0.05) is 22.3 Å². The molecule has 1 aromatic heterocycles. The second-order valence-electron chi connectivity index (χ2n) is 7.09. The minimum Gasteiger partial charge on any atom is -0.357 e. The van der Waals surface area contributed by atoms with Crippen molar-refractivity contribution in [3.63, 3.8) is 0 Å². The lowest BCUT2D eigenvalue weighted by Crippen LogP contribution is -2.22. The van der Waals surface area contributed by atoms with Gasteiger partial charge in [0.15, 0.2) is 12.1 Å². The molecule has 0 saturated carbocycles. The largest absolute Gasteiger partial charge is 0.357 e. The first-order chi connectivity index (χ1) is 15.1. The lowest BCUT2D eigenvalue weighted by molar-refractivity contribution is -0.171. The van der Waals surface area contributed by atoms with Crippen LogP contribution in [0.2, 0.25) is 0 Å². The van der Waals surface area contributed by atoms with Gasteiger partial charge in [-0.15, -0.1) is 0 Å². The first-order valence-corrected chi connectivity index (χ1v) is 10.7. The summed E-state index contributed by atoms with van der Waals surface area (Å²) in [5, 5.41) is 16.2. The molecule has 4 rings (SSSR count). The number of nitriles is 1. The number of carbonyl (C=O) groups excluding carboxylic acids is 1. The van der Waals surface area contributed by atoms with Gasteiger partial charge in [-0.25, -0.2) is 0 Å². The maximum absolute atomic E-state index is 13.2. The molecular weight excluding hydrogens is 462 g/mol. The predicted molar refractivity (Wildman–Crippen MR) is 117 cm³/mol. The van der Waals surface area contributed by atoms with Crippen LogP contribution in [-0.4, -0.2) is 24.0 Å². The van der Waals surface area contributed by atoms with Crippen LogP contribution in [0, 0.1) is 11.3 Å². The highest BCUT2D eigenvalue weighted by Gasteiger charge is 2.26. The maximum Gasteiger partial charge on any atom is 0.261 e. The molecule has 158 valence electrons. The van der Waals surface area contributed by atoms with E-state index in [1.165, 1.54) is 0 Å². The van der Waals surface area contributed by atoms with Crippen molar-refractivity contribution in [2.75, 3.05) is 11.9 Å². The van der Waals surface area contributed by atoms with Crippen molar-refractivity contribution in [3.05, 3.63) is 69.9 Å². The van der Waals surface area contributed by atoms with Crippen LogP contribution in [0.5, 0.6) is 0 Å². The van der Waals surface area contributed by atoms with Crippen molar-refractivity contribution in [2.45, 2.75) is 32.2 Å². The fourth-order valence-electron chi connectivity index (χ4n) is 3.33. The van der Waals surface area contributed by atoms with E-state index in [4.69, 9.17) is 14.0 Å². The molecule has 1 saturated heterocycles. The molecule has 0 radical (unpaired) electrons. The molecule has 2 heterocycles. The van der Waals surface area contributed by atoms with E-state index in [0.717, 1.165) is 23.7 Å². The Morgan fingerprint density at radius 2 is 2.10 bits per heavy atom. The Bertz CT molecular complexity index is 1100. The molecule has 1 atom stereocenters. The second kappa shape index (κ2) is 9.88. The van der Waals surface area contributed by atoms with E-state index in [0.29, 0.717) is 34.9 Å². The molecule has 0 spiro atoms. The van der Waals surface area contributed by atoms with E-state index in [1.54, 1.807) is 36.4 Å². The number of benzene rings is 2. The quantitative estimate of drug-likeness (QED) is 0.514. The fraction of sp³-hybridized carbons (Fsp3) is 0.261. The third-order valence-electron chi connectivity index (χ3n) is 4.90. The predicted octanol–water partition coefficient (Wildman–Crippen LogP) is 5.27. The lowest BCUT2D eigenvalue weighted by Gasteiger charge is -2.22. The van der Waals surface area contributed by atoms with Gasteiger partial charge in [0.05, 0.1) is 11.6 Å². The number of halogens is 1. The number of ether oxygens (including phenoxy) is 2. The summed E-state index contributed by atoms with van der Waals surface area (Å²) in [6, 6.07) is 16.2. The van der Waals surface area contributed by atoms with Crippen LogP contribution < -0.4 is 5.32 Å². The maximum atomic E-state index is 13.2. The summed E-state index contributed by atoms with van der Waals surface area (Å²) in [4.78, 5) is 13.2. The van der Waals surface area contributed by atoms with Crippen molar-refractivity contribution >= 4 is 27.5 Å². The summed E-state index contributed by atoms with van der Waals surface area (Å²) in [6.07, 6.45) is 2.52. The van der Waals surface area contributed by atoms with Crippen LogP contribution in [0.15, 0.2) is 57.5 Å². The fourth-order valence-corrected chi connectivity index (χ4v) is 3.59. The third-order valence-corrected chi connectivity index (χ3v) is 5.42. The Labute approximate surface area is 188 Å². The summed E-state index contributed by atoms with van der Waals surface area (Å²) < 4.78 is 17.8. The summed E-state index contributed by atoms with van der Waals surface area (Å²) in [6.45, 7) is 0.711. The highest BCUT2D eigenvalue weighted by atomic mass is 79.9. The average molecular weight is 482 g/mol. The molecule has 1 fully saturated rings. The number of rotatable bonds is 6. The van der Waals surface area contributed by atoms with Crippen LogP contribution in [0.1, 0.15) is 40.9 Å². The smallest absolute Gasteiger partial charge is 0.261 e. The normalized spacial score (nSPS) is 15.9. The molecule has 0 aliphatic carbocycles. The molecule has 0 bridgehead atoms. The minimum absolute atomic E-state index is 0.0543. The second-order valence-corrected chi connectivity index (χ2v) is 8.01. The van der Waals surface area contributed by atoms with Crippen molar-refractivity contribution in [1.82, 2.24) is 5.16 Å². The number of hydrogen-bond donors (Lipinski definition) is 1. The summed E-state index contributed by atoms with van der Waals surface area (Å²) in [5.74, 6) is -0.0646. The highest BCUT2D eigenvalue weighted by Crippen LogP contribution is 2.29. The van der Waals surface area contributed by atoms with Crippen LogP contribution in [0.4, 0.5) is 5.69 Å². The van der Waals surface area contributed by atoms with Crippen molar-refractivity contribution in [2.24, 2.45) is 0 Å². The molecule has 2 aromatic carbocycles. The Hall–Kier alpha value is -2.99. The monoisotopic (exact) mass is 481 g/mol. The highest BCUT2D eigenvalue weighted by molar-refractivity contribution is 9.10. The standard InChI is InChI=1S/C23H20BrN3O4/c24-17-7-9-18(10-8-17)26-23(28)21-19(14-30-20-6-1-2-11-29-20)31-27-22(21)16-5-3-4-15(12-16)13-25/h3-5,7-10,12,20H,1-2,6,11,14H2,(H,26,28). The average Bonchev–Trinajstić information content (AvgIpc) is 3.24. The van der Waals surface area contributed by atoms with Crippen LogP contribution in [0.3, 0.4) is 0 Å². The Kier molecular flexibility index (Phi) is 6.77. The number of nitrogens with zero attached hydrogens (tertiary/aromatic N) is 2. The molecular formula is C23H20BrN3O4. The van der Waals surface area contributed by atoms with Gasteiger partial charge in [-0.2, -0.15) is 5.26 Å². The van der Waals surface area contributed by atoms with E-state index >= 15 is 0 Å². The van der Waals surface area contributed by atoms with Crippen molar-refractivity contribution in [3.8, 4) is 17.3 Å². The van der Waals surface area contributed by atoms with Gasteiger partial charge in [-0.1, -0.05) is 33.2 Å². The molecule has 1 aliphatic rings. The number of nitrogens with one attached hydrogen (secondary N) is 1. The molecule has 7 nitrogen and oxygen atoms in total. The zero-order valence-corrected chi connectivity index (χ0v) is 18.2. The third kappa shape index (κ3) is 5.20. The topological polar surface area (TPSA) is 97.4 Å². The van der Waals surface area contributed by atoms with E-state index in [9.17, 15) is 10.1 Å². The van der Waals surface area contributed by atoms with E-state index in [2.05, 4.69) is 32.5 Å². The summed E-state index contributed by atoms with van der Waals surface area (Å²) in [7, 11) is 0. The van der Waals surface area contributed by atoms with Crippen molar-refractivity contribution in [1.29, 1.82) is 5.26 Å². The molecule has 1 N–H and O–H groups in total. The van der Waals surface area contributed by atoms with Gasteiger partial charge in [0.1, 0.15) is 17.9 Å². The van der Waals surface area contributed by atoms with E-state index in [1.807, 2.05) is 12.1 Å². The number of amides is 1. The van der Waals surface area contributed by atoms with Gasteiger partial charge in [-0.05, 0) is 55.7 Å². The van der Waals surface area contributed by atoms with Gasteiger partial charge < -0.3 is 19.3 Å². The SMILES string of the molecule is N#Cc1cccc(-c2noc(COC3CCCCO3)c2C(=O)Nc2ccc(Br)cc2)c1. The molecule has 1 aliphatic heterocycles. The van der Waals surface area contributed by atoms with Gasteiger partial charge in [0.2, 0.25) is 0 Å². The summed E-state index contributed by atoms with van der Waals surface area (Å²) >= 11 is 3.38. The Morgan fingerprint density at radius 1 is 1.26 bits per heavy atom. The van der Waals surface area contributed by atoms with Crippen LogP contribution in [-0.2, 0) is 16.1 Å². The number of aromatic nitrogens is 1. The van der Waals surface area contributed by atoms with Crippen molar-refractivity contribution < 1.29 is 18.8 Å². The molecule has 1 amide bonds. The first kappa shape index (κ1) is 21.2. The lowest BCUT2D eigenvalue weighted by atomic mass is 10.0. The first-order valence-electron chi connectivity index (χ1n) is 9.93. The zero-order valence-electron chi connectivity index (χ0n) is 16.6. The number of anilines is 1. The number of carbonyl (C=O) groups is 1. The Balaban J connectivity index is 1.64. The molecule has 31 heavy (non-hydrogen) atoms. The zero-order chi connectivity index (χ0) is 21.6. The van der Waals surface area contributed by atoms with Crippen LogP contribution >= 0.6 is 15.9 Å². The van der Waals surface area contributed by atoms with Gasteiger partial charge in [-0.3, -0.25) is 4.79 Å². The molecule has 3 aromatic rings.